The fourth-order valence-electron chi connectivity index (χ4n) is 2.11. The first-order valence-electron chi connectivity index (χ1n) is 5.46. The summed E-state index contributed by atoms with van der Waals surface area (Å²) >= 11 is 6.63. The molecule has 92 valence electrons. The van der Waals surface area contributed by atoms with Crippen molar-refractivity contribution in [3.05, 3.63) is 34.1 Å². The highest BCUT2D eigenvalue weighted by Gasteiger charge is 2.30. The molecular formula is C12H12Br2FNO. The average Bonchev–Trinajstić information content (AvgIpc) is 2.76. The van der Waals surface area contributed by atoms with Crippen LogP contribution in [0.2, 0.25) is 0 Å². The van der Waals surface area contributed by atoms with Crippen LogP contribution in [0.5, 0.6) is 0 Å². The third-order valence-electron chi connectivity index (χ3n) is 2.99. The molecule has 0 aliphatic carbocycles. The molecule has 2 rings (SSSR count). The van der Waals surface area contributed by atoms with E-state index in [2.05, 4.69) is 31.9 Å². The van der Waals surface area contributed by atoms with E-state index in [1.165, 1.54) is 6.07 Å². The molecule has 1 aromatic carbocycles. The molecule has 5 heteroatoms. The van der Waals surface area contributed by atoms with E-state index in [0.717, 1.165) is 18.2 Å². The molecule has 0 radical (unpaired) electrons. The van der Waals surface area contributed by atoms with Gasteiger partial charge in [-0.15, -0.1) is 0 Å². The van der Waals surface area contributed by atoms with Crippen molar-refractivity contribution < 1.29 is 9.18 Å². The molecule has 1 amide bonds. The van der Waals surface area contributed by atoms with Gasteiger partial charge >= 0.3 is 0 Å². The van der Waals surface area contributed by atoms with Gasteiger partial charge in [0, 0.05) is 22.4 Å². The first kappa shape index (κ1) is 13.0. The van der Waals surface area contributed by atoms with Gasteiger partial charge in [-0.05, 0) is 40.9 Å². The minimum absolute atomic E-state index is 0.139. The van der Waals surface area contributed by atoms with Crippen molar-refractivity contribution in [1.82, 2.24) is 4.90 Å². The van der Waals surface area contributed by atoms with Crippen molar-refractivity contribution in [2.75, 3.05) is 11.9 Å². The average molecular weight is 365 g/mol. The van der Waals surface area contributed by atoms with Gasteiger partial charge in [-0.1, -0.05) is 22.0 Å². The van der Waals surface area contributed by atoms with Crippen LogP contribution in [-0.2, 0) is 0 Å². The Bertz CT molecular complexity index is 418. The molecule has 1 unspecified atom stereocenters. The molecule has 0 N–H and O–H groups in total. The Labute approximate surface area is 116 Å². The maximum absolute atomic E-state index is 13.7. The molecule has 0 bridgehead atoms. The number of carbonyl (C=O) groups is 1. The number of halogens is 3. The number of amides is 1. The Balaban J connectivity index is 2.31. The van der Waals surface area contributed by atoms with E-state index in [-0.39, 0.29) is 17.5 Å². The summed E-state index contributed by atoms with van der Waals surface area (Å²) in [7, 11) is 0. The van der Waals surface area contributed by atoms with Crippen molar-refractivity contribution in [2.24, 2.45) is 0 Å². The Morgan fingerprint density at radius 2 is 2.29 bits per heavy atom. The molecule has 1 aliphatic heterocycles. The van der Waals surface area contributed by atoms with Crippen molar-refractivity contribution in [2.45, 2.75) is 18.9 Å². The lowest BCUT2D eigenvalue weighted by Gasteiger charge is -2.23. The molecule has 1 aliphatic rings. The van der Waals surface area contributed by atoms with Crippen LogP contribution in [0.25, 0.3) is 0 Å². The number of benzene rings is 1. The van der Waals surface area contributed by atoms with Gasteiger partial charge < -0.3 is 4.90 Å². The van der Waals surface area contributed by atoms with Crippen LogP contribution in [0.4, 0.5) is 4.39 Å². The number of alkyl halides is 1. The molecule has 1 atom stereocenters. The van der Waals surface area contributed by atoms with Gasteiger partial charge in [-0.2, -0.15) is 0 Å². The van der Waals surface area contributed by atoms with E-state index in [4.69, 9.17) is 0 Å². The first-order chi connectivity index (χ1) is 8.15. The van der Waals surface area contributed by atoms with E-state index >= 15 is 0 Å². The van der Waals surface area contributed by atoms with E-state index in [1.54, 1.807) is 17.0 Å². The van der Waals surface area contributed by atoms with Crippen molar-refractivity contribution in [1.29, 1.82) is 0 Å². The minimum Gasteiger partial charge on any atom is -0.335 e. The fourth-order valence-corrected chi connectivity index (χ4v) is 3.29. The van der Waals surface area contributed by atoms with Crippen LogP contribution in [-0.4, -0.2) is 28.7 Å². The normalized spacial score (nSPS) is 19.7. The molecule has 1 saturated heterocycles. The second-order valence-electron chi connectivity index (χ2n) is 4.05. The summed E-state index contributed by atoms with van der Waals surface area (Å²) < 4.78 is 14.2. The van der Waals surface area contributed by atoms with Gasteiger partial charge in [-0.3, -0.25) is 4.79 Å². The molecule has 1 fully saturated rings. The zero-order valence-electron chi connectivity index (χ0n) is 9.13. The quantitative estimate of drug-likeness (QED) is 0.734. The summed E-state index contributed by atoms with van der Waals surface area (Å²) in [6.07, 6.45) is 1.96. The van der Waals surface area contributed by atoms with E-state index < -0.39 is 5.82 Å². The molecule has 0 saturated carbocycles. The highest BCUT2D eigenvalue weighted by atomic mass is 79.9. The summed E-state index contributed by atoms with van der Waals surface area (Å²) in [5, 5.41) is 0.741. The zero-order valence-corrected chi connectivity index (χ0v) is 12.3. The maximum Gasteiger partial charge on any atom is 0.258 e. The van der Waals surface area contributed by atoms with Crippen LogP contribution in [0.1, 0.15) is 23.2 Å². The Morgan fingerprint density at radius 1 is 1.53 bits per heavy atom. The molecule has 0 aromatic heterocycles. The third kappa shape index (κ3) is 2.55. The van der Waals surface area contributed by atoms with Gasteiger partial charge in [0.25, 0.3) is 5.91 Å². The van der Waals surface area contributed by atoms with Crippen LogP contribution in [0.15, 0.2) is 22.7 Å². The number of carbonyl (C=O) groups excluding carboxylic acids is 1. The summed E-state index contributed by atoms with van der Waals surface area (Å²) in [5.74, 6) is -0.693. The zero-order chi connectivity index (χ0) is 12.4. The minimum atomic E-state index is -0.468. The van der Waals surface area contributed by atoms with Crippen molar-refractivity contribution in [3.63, 3.8) is 0 Å². The molecule has 1 aromatic rings. The lowest BCUT2D eigenvalue weighted by atomic mass is 10.1. The fraction of sp³-hybridized carbons (Fsp3) is 0.417. The topological polar surface area (TPSA) is 20.3 Å². The van der Waals surface area contributed by atoms with Gasteiger partial charge in [0.1, 0.15) is 5.82 Å². The van der Waals surface area contributed by atoms with Crippen LogP contribution >= 0.6 is 31.9 Å². The largest absolute Gasteiger partial charge is 0.335 e. The third-order valence-corrected chi connectivity index (χ3v) is 4.40. The predicted octanol–water partition coefficient (Wildman–Crippen LogP) is 3.59. The Morgan fingerprint density at radius 3 is 2.94 bits per heavy atom. The first-order valence-corrected chi connectivity index (χ1v) is 7.37. The molecular weight excluding hydrogens is 353 g/mol. The maximum atomic E-state index is 13.7. The number of rotatable bonds is 2. The molecule has 0 spiro atoms. The van der Waals surface area contributed by atoms with Gasteiger partial charge in [0.2, 0.25) is 0 Å². The van der Waals surface area contributed by atoms with Gasteiger partial charge in [-0.25, -0.2) is 4.39 Å². The van der Waals surface area contributed by atoms with E-state index in [1.807, 2.05) is 0 Å². The summed E-state index contributed by atoms with van der Waals surface area (Å²) in [4.78, 5) is 14.0. The van der Waals surface area contributed by atoms with Gasteiger partial charge in [0.05, 0.1) is 5.56 Å². The summed E-state index contributed by atoms with van der Waals surface area (Å²) in [6.45, 7) is 0.704. The summed E-state index contributed by atoms with van der Waals surface area (Å²) in [5.41, 5.74) is 0.139. The Kier molecular flexibility index (Phi) is 4.20. The Hall–Kier alpha value is -0.420. The number of likely N-dealkylation sites (tertiary alicyclic amines) is 1. The number of hydrogen-bond donors (Lipinski definition) is 0. The SMILES string of the molecule is O=C(c1c(F)cccc1Br)N1CCCC1CBr. The highest BCUT2D eigenvalue weighted by molar-refractivity contribution is 9.10. The lowest BCUT2D eigenvalue weighted by molar-refractivity contribution is 0.0745. The molecule has 1 heterocycles. The smallest absolute Gasteiger partial charge is 0.258 e. The van der Waals surface area contributed by atoms with Crippen LogP contribution in [0, 0.1) is 5.82 Å². The van der Waals surface area contributed by atoms with Crippen molar-refractivity contribution in [3.8, 4) is 0 Å². The monoisotopic (exact) mass is 363 g/mol. The van der Waals surface area contributed by atoms with Crippen molar-refractivity contribution >= 4 is 37.8 Å². The second-order valence-corrected chi connectivity index (χ2v) is 5.55. The molecule has 17 heavy (non-hydrogen) atoms. The number of nitrogens with zero attached hydrogens (tertiary/aromatic N) is 1. The molecule has 2 nitrogen and oxygen atoms in total. The second kappa shape index (κ2) is 5.48. The van der Waals surface area contributed by atoms with E-state index in [0.29, 0.717) is 11.0 Å². The summed E-state index contributed by atoms with van der Waals surface area (Å²) in [6, 6.07) is 4.77. The standard InChI is InChI=1S/C12H12Br2FNO/c13-7-8-3-2-6-16(8)12(17)11-9(14)4-1-5-10(11)15/h1,4-5,8H,2-3,6-7H2. The lowest BCUT2D eigenvalue weighted by Crippen LogP contribution is -2.37. The van der Waals surface area contributed by atoms with Crippen LogP contribution < -0.4 is 0 Å². The van der Waals surface area contributed by atoms with Crippen LogP contribution in [0.3, 0.4) is 0 Å². The van der Waals surface area contributed by atoms with Gasteiger partial charge in [0.15, 0.2) is 0 Å². The van der Waals surface area contributed by atoms with E-state index in [9.17, 15) is 9.18 Å². The highest BCUT2D eigenvalue weighted by Crippen LogP contribution is 2.26. The number of hydrogen-bond acceptors (Lipinski definition) is 1. The predicted molar refractivity (Wildman–Crippen MR) is 72.0 cm³/mol.